The number of Topliss-reactive ketones (excluding diaryl/α,β-unsaturated/α-hetero) is 1. The van der Waals surface area contributed by atoms with Gasteiger partial charge in [0.1, 0.15) is 6.17 Å². The third kappa shape index (κ3) is 5.82. The SMILES string of the molecule is CCCCC[C@H]1CC[C@H](C2CCC3(CC2)C(=O)C2(CCC([C@H]4CC[C@H](CCCCC)CC4)CC2)C3F)CC1. The minimum absolute atomic E-state index is 0.383. The molecular formula is C36H61FO. The van der Waals surface area contributed by atoms with Gasteiger partial charge in [-0.3, -0.25) is 4.79 Å². The molecule has 0 bridgehead atoms. The van der Waals surface area contributed by atoms with Gasteiger partial charge in [0.15, 0.2) is 5.78 Å². The highest BCUT2D eigenvalue weighted by molar-refractivity contribution is 5.98. The molecule has 0 aromatic rings. The minimum Gasteiger partial charge on any atom is -0.298 e. The molecule has 0 atom stereocenters. The van der Waals surface area contributed by atoms with E-state index in [1.807, 2.05) is 0 Å². The number of rotatable bonds is 10. The second-order valence-corrected chi connectivity index (χ2v) is 15.2. The lowest BCUT2D eigenvalue weighted by molar-refractivity contribution is -0.194. The fourth-order valence-electron chi connectivity index (χ4n) is 10.7. The maximum Gasteiger partial charge on any atom is 0.151 e. The number of unbranched alkanes of at least 4 members (excludes halogenated alkanes) is 4. The van der Waals surface area contributed by atoms with Crippen molar-refractivity contribution in [2.75, 3.05) is 0 Å². The van der Waals surface area contributed by atoms with Crippen molar-refractivity contribution in [2.45, 2.75) is 174 Å². The van der Waals surface area contributed by atoms with Crippen LogP contribution < -0.4 is 0 Å². The van der Waals surface area contributed by atoms with Gasteiger partial charge in [-0.05, 0) is 113 Å². The van der Waals surface area contributed by atoms with Gasteiger partial charge in [0, 0.05) is 0 Å². The highest BCUT2D eigenvalue weighted by Gasteiger charge is 2.71. The standard InChI is InChI=1S/C36H61FO/c1-3-5-7-9-27-11-15-29(16-12-27)31-19-23-35(24-20-31)33(37)36(34(35)38)25-21-32(22-26-36)30-17-13-28(14-18-30)10-8-6-4-2/h27-33H,3-26H2,1-2H3/t27-,28-,29-,30-,31?,32?,33?,35?,36?. The van der Waals surface area contributed by atoms with E-state index in [2.05, 4.69) is 13.8 Å². The highest BCUT2D eigenvalue weighted by Crippen LogP contribution is 2.66. The summed E-state index contributed by atoms with van der Waals surface area (Å²) in [4.78, 5) is 13.8. The number of carbonyl (C=O) groups excluding carboxylic acids is 1. The summed E-state index contributed by atoms with van der Waals surface area (Å²) >= 11 is 0. The molecule has 0 saturated heterocycles. The number of hydrogen-bond acceptors (Lipinski definition) is 1. The van der Waals surface area contributed by atoms with Gasteiger partial charge >= 0.3 is 0 Å². The molecule has 0 aromatic carbocycles. The Bertz CT molecular complexity index is 666. The molecule has 2 heteroatoms. The molecule has 2 spiro atoms. The van der Waals surface area contributed by atoms with Crippen molar-refractivity contribution in [1.29, 1.82) is 0 Å². The van der Waals surface area contributed by atoms with Gasteiger partial charge in [0.05, 0.1) is 10.8 Å². The second kappa shape index (κ2) is 13.1. The van der Waals surface area contributed by atoms with Crippen molar-refractivity contribution in [3.8, 4) is 0 Å². The molecule has 0 unspecified atom stereocenters. The van der Waals surface area contributed by atoms with Crippen LogP contribution in [0.3, 0.4) is 0 Å². The molecule has 218 valence electrons. The maximum atomic E-state index is 16.2. The van der Waals surface area contributed by atoms with Crippen molar-refractivity contribution in [3.63, 3.8) is 0 Å². The Balaban J connectivity index is 1.04. The Morgan fingerprint density at radius 2 is 0.895 bits per heavy atom. The first-order valence-corrected chi connectivity index (χ1v) is 17.7. The largest absolute Gasteiger partial charge is 0.298 e. The third-order valence-electron chi connectivity index (χ3n) is 13.3. The Labute approximate surface area is 235 Å². The lowest BCUT2D eigenvalue weighted by atomic mass is 9.41. The van der Waals surface area contributed by atoms with E-state index in [0.29, 0.717) is 5.78 Å². The van der Waals surface area contributed by atoms with Crippen LogP contribution in [0.4, 0.5) is 4.39 Å². The normalized spacial score (nSPS) is 43.9. The quantitative estimate of drug-likeness (QED) is 0.258. The molecule has 5 rings (SSSR count). The number of carbonyl (C=O) groups is 1. The topological polar surface area (TPSA) is 17.1 Å². The van der Waals surface area contributed by atoms with Crippen LogP contribution in [0, 0.1) is 46.3 Å². The average Bonchev–Trinajstić information content (AvgIpc) is 2.98. The monoisotopic (exact) mass is 528 g/mol. The van der Waals surface area contributed by atoms with Crippen LogP contribution in [0.1, 0.15) is 168 Å². The number of ketones is 1. The fourth-order valence-corrected chi connectivity index (χ4v) is 10.7. The Morgan fingerprint density at radius 1 is 0.553 bits per heavy atom. The minimum atomic E-state index is -0.840. The summed E-state index contributed by atoms with van der Waals surface area (Å²) in [5.41, 5.74) is -1.14. The molecule has 1 nitrogen and oxygen atoms in total. The summed E-state index contributed by atoms with van der Waals surface area (Å²) in [6.45, 7) is 4.60. The molecular weight excluding hydrogens is 467 g/mol. The van der Waals surface area contributed by atoms with E-state index >= 15 is 4.39 Å². The number of alkyl halides is 1. The van der Waals surface area contributed by atoms with E-state index in [4.69, 9.17) is 0 Å². The molecule has 5 aliphatic rings. The van der Waals surface area contributed by atoms with Crippen LogP contribution in [-0.2, 0) is 4.79 Å². The zero-order valence-corrected chi connectivity index (χ0v) is 25.3. The maximum absolute atomic E-state index is 16.2. The van der Waals surface area contributed by atoms with Crippen molar-refractivity contribution in [1.82, 2.24) is 0 Å². The van der Waals surface area contributed by atoms with Gasteiger partial charge in [-0.15, -0.1) is 0 Å². The first-order chi connectivity index (χ1) is 18.5. The van der Waals surface area contributed by atoms with Crippen LogP contribution in [-0.4, -0.2) is 12.0 Å². The lowest BCUT2D eigenvalue weighted by Crippen LogP contribution is -2.69. The zero-order chi connectivity index (χ0) is 26.6. The molecule has 0 N–H and O–H groups in total. The molecule has 0 aliphatic heterocycles. The Kier molecular flexibility index (Phi) is 10.0. The fraction of sp³-hybridized carbons (Fsp3) is 0.972. The van der Waals surface area contributed by atoms with Gasteiger partial charge in [0.2, 0.25) is 0 Å². The van der Waals surface area contributed by atoms with Gasteiger partial charge < -0.3 is 0 Å². The molecule has 38 heavy (non-hydrogen) atoms. The van der Waals surface area contributed by atoms with Crippen molar-refractivity contribution < 1.29 is 9.18 Å². The van der Waals surface area contributed by atoms with Crippen LogP contribution in [0.2, 0.25) is 0 Å². The van der Waals surface area contributed by atoms with Gasteiger partial charge in [-0.2, -0.15) is 0 Å². The van der Waals surface area contributed by atoms with Gasteiger partial charge in [-0.25, -0.2) is 4.39 Å². The van der Waals surface area contributed by atoms with Gasteiger partial charge in [-0.1, -0.05) is 90.9 Å². The third-order valence-corrected chi connectivity index (χ3v) is 13.3. The van der Waals surface area contributed by atoms with Gasteiger partial charge in [0.25, 0.3) is 0 Å². The predicted octanol–water partition coefficient (Wildman–Crippen LogP) is 11.0. The molecule has 0 aromatic heterocycles. The van der Waals surface area contributed by atoms with Crippen LogP contribution in [0.25, 0.3) is 0 Å². The van der Waals surface area contributed by atoms with E-state index in [1.165, 1.54) is 103 Å². The van der Waals surface area contributed by atoms with Crippen LogP contribution >= 0.6 is 0 Å². The highest BCUT2D eigenvalue weighted by atomic mass is 19.1. The Morgan fingerprint density at radius 3 is 1.21 bits per heavy atom. The summed E-state index contributed by atoms with van der Waals surface area (Å²) in [6.07, 6.45) is 29.5. The number of halogens is 1. The molecule has 5 saturated carbocycles. The molecule has 0 radical (unpaired) electrons. The molecule has 0 heterocycles. The van der Waals surface area contributed by atoms with E-state index < -0.39 is 17.0 Å². The predicted molar refractivity (Wildman–Crippen MR) is 158 cm³/mol. The summed E-state index contributed by atoms with van der Waals surface area (Å²) in [7, 11) is 0. The smallest absolute Gasteiger partial charge is 0.151 e. The Hall–Kier alpha value is -0.400. The second-order valence-electron chi connectivity index (χ2n) is 15.2. The van der Waals surface area contributed by atoms with E-state index in [1.54, 1.807) is 0 Å². The first-order valence-electron chi connectivity index (χ1n) is 17.7. The summed E-state index contributed by atoms with van der Waals surface area (Å²) in [5.74, 6) is 5.55. The summed E-state index contributed by atoms with van der Waals surface area (Å²) in [6, 6.07) is 0. The van der Waals surface area contributed by atoms with Crippen molar-refractivity contribution in [3.05, 3.63) is 0 Å². The van der Waals surface area contributed by atoms with Crippen LogP contribution in [0.5, 0.6) is 0 Å². The lowest BCUT2D eigenvalue weighted by Gasteiger charge is -2.62. The van der Waals surface area contributed by atoms with Crippen molar-refractivity contribution in [2.24, 2.45) is 46.3 Å². The summed E-state index contributed by atoms with van der Waals surface area (Å²) < 4.78 is 16.2. The number of hydrogen-bond donors (Lipinski definition) is 0. The van der Waals surface area contributed by atoms with E-state index in [0.717, 1.165) is 86.9 Å². The summed E-state index contributed by atoms with van der Waals surface area (Å²) in [5, 5.41) is 0. The average molecular weight is 529 g/mol. The van der Waals surface area contributed by atoms with Crippen LogP contribution in [0.15, 0.2) is 0 Å². The molecule has 0 amide bonds. The first kappa shape index (κ1) is 29.1. The molecule has 5 aliphatic carbocycles. The van der Waals surface area contributed by atoms with E-state index in [-0.39, 0.29) is 0 Å². The zero-order valence-electron chi connectivity index (χ0n) is 25.3. The van der Waals surface area contributed by atoms with E-state index in [9.17, 15) is 4.79 Å². The van der Waals surface area contributed by atoms with Crippen molar-refractivity contribution >= 4 is 5.78 Å². The molecule has 5 fully saturated rings.